The number of carbonyl (C=O) groups is 2. The fraction of sp³-hybridized carbons (Fsp3) is 0.800. The third kappa shape index (κ3) is 3.18. The van der Waals surface area contributed by atoms with Crippen LogP contribution in [0.5, 0.6) is 0 Å². The minimum Gasteiger partial charge on any atom is -0.481 e. The first kappa shape index (κ1) is 12.9. The maximum atomic E-state index is 11.8. The van der Waals surface area contributed by atoms with Crippen LogP contribution in [0.15, 0.2) is 0 Å². The summed E-state index contributed by atoms with van der Waals surface area (Å²) < 4.78 is 5.08. The van der Waals surface area contributed by atoms with Gasteiger partial charge in [-0.15, -0.1) is 0 Å². The molecule has 0 aromatic heterocycles. The predicted octanol–water partition coefficient (Wildman–Crippen LogP) is -0.526. The minimum atomic E-state index is -0.994. The van der Waals surface area contributed by atoms with Crippen LogP contribution in [0.1, 0.15) is 26.2 Å². The number of nitrogens with one attached hydrogen (secondary N) is 1. The number of carboxylic acids is 1. The van der Waals surface area contributed by atoms with Crippen LogP contribution in [-0.2, 0) is 14.3 Å². The van der Waals surface area contributed by atoms with Gasteiger partial charge in [0.1, 0.15) is 5.54 Å². The van der Waals surface area contributed by atoms with E-state index in [0.29, 0.717) is 19.4 Å². The van der Waals surface area contributed by atoms with E-state index in [4.69, 9.17) is 15.6 Å². The van der Waals surface area contributed by atoms with Gasteiger partial charge in [0.15, 0.2) is 0 Å². The minimum absolute atomic E-state index is 0.0841. The fourth-order valence-electron chi connectivity index (χ4n) is 1.60. The second-order valence-corrected chi connectivity index (χ2v) is 4.14. The molecule has 0 aromatic carbocycles. The monoisotopic (exact) mass is 230 g/mol. The molecule has 1 amide bonds. The number of nitrogens with two attached hydrogens (primary N) is 1. The average Bonchev–Trinajstić information content (AvgIpc) is 2.64. The van der Waals surface area contributed by atoms with Crippen LogP contribution in [-0.4, -0.2) is 41.8 Å². The highest BCUT2D eigenvalue weighted by Gasteiger charge is 2.38. The van der Waals surface area contributed by atoms with Crippen LogP contribution in [0.4, 0.5) is 0 Å². The number of carbonyl (C=O) groups excluding carboxylic acids is 1. The summed E-state index contributed by atoms with van der Waals surface area (Å²) in [7, 11) is 0. The van der Waals surface area contributed by atoms with Gasteiger partial charge in [0.05, 0.1) is 13.0 Å². The quantitative estimate of drug-likeness (QED) is 0.589. The topological polar surface area (TPSA) is 102 Å². The lowest BCUT2D eigenvalue weighted by Crippen LogP contribution is -2.56. The van der Waals surface area contributed by atoms with Gasteiger partial charge < -0.3 is 20.9 Å². The molecule has 1 fully saturated rings. The molecule has 16 heavy (non-hydrogen) atoms. The van der Waals surface area contributed by atoms with E-state index in [1.54, 1.807) is 0 Å². The summed E-state index contributed by atoms with van der Waals surface area (Å²) in [5, 5.41) is 11.3. The van der Waals surface area contributed by atoms with Gasteiger partial charge in [-0.3, -0.25) is 9.59 Å². The number of hydrogen-bond donors (Lipinski definition) is 3. The zero-order valence-electron chi connectivity index (χ0n) is 9.36. The Balaban J connectivity index is 2.51. The number of amides is 1. The van der Waals surface area contributed by atoms with E-state index in [1.165, 1.54) is 0 Å². The first-order valence-corrected chi connectivity index (χ1v) is 5.37. The Bertz CT molecular complexity index is 274. The molecule has 0 aromatic rings. The number of hydrogen-bond acceptors (Lipinski definition) is 4. The predicted molar refractivity (Wildman–Crippen MR) is 56.8 cm³/mol. The van der Waals surface area contributed by atoms with Gasteiger partial charge in [-0.25, -0.2) is 0 Å². The van der Waals surface area contributed by atoms with Gasteiger partial charge in [-0.1, -0.05) is 6.92 Å². The molecule has 0 spiro atoms. The summed E-state index contributed by atoms with van der Waals surface area (Å²) in [5.41, 5.74) is 4.86. The van der Waals surface area contributed by atoms with E-state index in [1.807, 2.05) is 6.92 Å². The molecule has 0 radical (unpaired) electrons. The normalized spacial score (nSPS) is 26.4. The summed E-state index contributed by atoms with van der Waals surface area (Å²) in [6.45, 7) is 2.49. The second kappa shape index (κ2) is 5.27. The molecule has 0 saturated carbocycles. The van der Waals surface area contributed by atoms with Crippen LogP contribution < -0.4 is 11.1 Å². The Kier molecular flexibility index (Phi) is 4.26. The molecule has 2 atom stereocenters. The Morgan fingerprint density at radius 2 is 2.31 bits per heavy atom. The van der Waals surface area contributed by atoms with Gasteiger partial charge in [0.2, 0.25) is 5.91 Å². The average molecular weight is 230 g/mol. The lowest BCUT2D eigenvalue weighted by molar-refractivity contribution is -0.138. The van der Waals surface area contributed by atoms with Crippen molar-refractivity contribution >= 4 is 11.9 Å². The largest absolute Gasteiger partial charge is 0.481 e. The zero-order chi connectivity index (χ0) is 12.2. The van der Waals surface area contributed by atoms with Gasteiger partial charge in [0.25, 0.3) is 0 Å². The van der Waals surface area contributed by atoms with E-state index >= 15 is 0 Å². The van der Waals surface area contributed by atoms with Crippen molar-refractivity contribution in [2.75, 3.05) is 13.2 Å². The molecule has 1 heterocycles. The van der Waals surface area contributed by atoms with Crippen molar-refractivity contribution in [3.05, 3.63) is 0 Å². The highest BCUT2D eigenvalue weighted by atomic mass is 16.5. The maximum absolute atomic E-state index is 11.8. The van der Waals surface area contributed by atoms with Crippen molar-refractivity contribution in [1.82, 2.24) is 5.32 Å². The van der Waals surface area contributed by atoms with Crippen molar-refractivity contribution in [1.29, 1.82) is 0 Å². The zero-order valence-corrected chi connectivity index (χ0v) is 9.36. The number of ether oxygens (including phenoxy) is 1. The maximum Gasteiger partial charge on any atom is 0.305 e. The lowest BCUT2D eigenvalue weighted by Gasteiger charge is -2.24. The molecule has 2 unspecified atom stereocenters. The summed E-state index contributed by atoms with van der Waals surface area (Å²) in [6, 6.07) is -0.369. The Morgan fingerprint density at radius 3 is 2.75 bits per heavy atom. The Hall–Kier alpha value is -1.14. The van der Waals surface area contributed by atoms with Crippen molar-refractivity contribution in [3.63, 3.8) is 0 Å². The van der Waals surface area contributed by atoms with Crippen molar-refractivity contribution in [2.24, 2.45) is 5.73 Å². The molecule has 1 aliphatic rings. The summed E-state index contributed by atoms with van der Waals surface area (Å²) >= 11 is 0. The third-order valence-electron chi connectivity index (χ3n) is 2.75. The van der Waals surface area contributed by atoms with Crippen LogP contribution in [0.2, 0.25) is 0 Å². The van der Waals surface area contributed by atoms with E-state index in [-0.39, 0.29) is 25.0 Å². The molecule has 1 aliphatic heterocycles. The molecule has 6 nitrogen and oxygen atoms in total. The van der Waals surface area contributed by atoms with Crippen molar-refractivity contribution in [3.8, 4) is 0 Å². The molecule has 1 saturated heterocycles. The molecule has 1 rings (SSSR count). The summed E-state index contributed by atoms with van der Waals surface area (Å²) in [6.07, 6.45) is 0.955. The highest BCUT2D eigenvalue weighted by molar-refractivity contribution is 5.87. The van der Waals surface area contributed by atoms with Gasteiger partial charge in [0, 0.05) is 12.6 Å². The molecular weight excluding hydrogens is 212 g/mol. The van der Waals surface area contributed by atoms with Gasteiger partial charge in [-0.05, 0) is 12.8 Å². The van der Waals surface area contributed by atoms with Crippen molar-refractivity contribution < 1.29 is 19.4 Å². The molecular formula is C10H18N2O4. The van der Waals surface area contributed by atoms with E-state index < -0.39 is 11.5 Å². The molecule has 92 valence electrons. The van der Waals surface area contributed by atoms with Crippen LogP contribution in [0.3, 0.4) is 0 Å². The Labute approximate surface area is 94.1 Å². The van der Waals surface area contributed by atoms with Crippen LogP contribution in [0, 0.1) is 0 Å². The molecule has 4 N–H and O–H groups in total. The first-order chi connectivity index (χ1) is 7.48. The second-order valence-electron chi connectivity index (χ2n) is 4.14. The lowest BCUT2D eigenvalue weighted by atomic mass is 9.98. The van der Waals surface area contributed by atoms with E-state index in [2.05, 4.69) is 5.32 Å². The fourth-order valence-corrected chi connectivity index (χ4v) is 1.60. The van der Waals surface area contributed by atoms with Crippen LogP contribution in [0.25, 0.3) is 0 Å². The molecule has 6 heteroatoms. The molecule has 0 aliphatic carbocycles. The first-order valence-electron chi connectivity index (χ1n) is 5.37. The SMILES string of the molecule is CCC(CC(=O)O)NC(=O)C1(N)CCOC1. The van der Waals surface area contributed by atoms with E-state index in [0.717, 1.165) is 0 Å². The number of aliphatic carboxylic acids is 1. The standard InChI is InChI=1S/C10H18N2O4/c1-2-7(5-8(13)14)12-9(15)10(11)3-4-16-6-10/h7H,2-6,11H2,1H3,(H,12,15)(H,13,14). The molecule has 0 bridgehead atoms. The summed E-state index contributed by atoms with van der Waals surface area (Å²) in [4.78, 5) is 22.4. The van der Waals surface area contributed by atoms with Crippen LogP contribution >= 0.6 is 0 Å². The van der Waals surface area contributed by atoms with Gasteiger partial charge in [-0.2, -0.15) is 0 Å². The van der Waals surface area contributed by atoms with Gasteiger partial charge >= 0.3 is 5.97 Å². The Morgan fingerprint density at radius 1 is 1.62 bits per heavy atom. The third-order valence-corrected chi connectivity index (χ3v) is 2.75. The summed E-state index contributed by atoms with van der Waals surface area (Å²) in [5.74, 6) is -1.25. The van der Waals surface area contributed by atoms with E-state index in [9.17, 15) is 9.59 Å². The van der Waals surface area contributed by atoms with Crippen molar-refractivity contribution in [2.45, 2.75) is 37.8 Å². The highest BCUT2D eigenvalue weighted by Crippen LogP contribution is 2.16. The number of rotatable bonds is 5. The number of carboxylic acid groups (broad SMARTS) is 1. The smallest absolute Gasteiger partial charge is 0.305 e.